The molecule has 1 aromatic carbocycles. The number of aryl methyl sites for hydroxylation is 2. The van der Waals surface area contributed by atoms with Gasteiger partial charge in [0.2, 0.25) is 10.0 Å². The van der Waals surface area contributed by atoms with E-state index in [-0.39, 0.29) is 51.8 Å². The molecule has 0 bridgehead atoms. The summed E-state index contributed by atoms with van der Waals surface area (Å²) >= 11 is 0. The van der Waals surface area contributed by atoms with Crippen LogP contribution < -0.4 is 4.72 Å². The fourth-order valence-corrected chi connectivity index (χ4v) is 5.48. The summed E-state index contributed by atoms with van der Waals surface area (Å²) in [7, 11) is -7.91. The Bertz CT molecular complexity index is 1270. The van der Waals surface area contributed by atoms with E-state index in [1.54, 1.807) is 30.3 Å². The van der Waals surface area contributed by atoms with E-state index >= 15 is 0 Å². The molecule has 0 aromatic heterocycles. The Labute approximate surface area is 219 Å². The average Bonchev–Trinajstić information content (AvgIpc) is 2.91. The van der Waals surface area contributed by atoms with Gasteiger partial charge in [0.05, 0.1) is 4.90 Å². The zero-order chi connectivity index (χ0) is 23.5. The molecule has 174 valence electrons. The molecule has 3 rings (SSSR count). The van der Waals surface area contributed by atoms with E-state index in [2.05, 4.69) is 18.6 Å². The first-order valence-corrected chi connectivity index (χ1v) is 13.5. The van der Waals surface area contributed by atoms with Crippen molar-refractivity contribution in [3.05, 3.63) is 71.3 Å². The number of sulfonamides is 1. The van der Waals surface area contributed by atoms with Gasteiger partial charge >= 0.3 is 29.6 Å². The van der Waals surface area contributed by atoms with Crippen molar-refractivity contribution in [3.63, 3.8) is 0 Å². The zero-order valence-electron chi connectivity index (χ0n) is 18.5. The SMILES string of the molecule is Cc1ccc(S(=O)(=O)NCCCCc2cc(S(=O)(=O)O)c3ccc(C(C)C)ccc2-3)cc1.[NaH]. The van der Waals surface area contributed by atoms with Gasteiger partial charge in [-0.05, 0) is 67.0 Å². The van der Waals surface area contributed by atoms with Gasteiger partial charge in [0.1, 0.15) is 4.90 Å². The Kier molecular flexibility index (Phi) is 9.70. The van der Waals surface area contributed by atoms with E-state index < -0.39 is 20.1 Å². The van der Waals surface area contributed by atoms with Crippen LogP contribution in [-0.4, -0.2) is 57.5 Å². The molecule has 33 heavy (non-hydrogen) atoms. The summed E-state index contributed by atoms with van der Waals surface area (Å²) in [6.07, 6.45) is 1.82. The van der Waals surface area contributed by atoms with Crippen molar-refractivity contribution < 1.29 is 21.4 Å². The first-order chi connectivity index (χ1) is 15.0. The van der Waals surface area contributed by atoms with Gasteiger partial charge in [-0.1, -0.05) is 55.8 Å². The number of hydrogen-bond acceptors (Lipinski definition) is 4. The Morgan fingerprint density at radius 3 is 2.06 bits per heavy atom. The van der Waals surface area contributed by atoms with Crippen molar-refractivity contribution in [1.29, 1.82) is 0 Å². The van der Waals surface area contributed by atoms with Crippen LogP contribution in [0.15, 0.2) is 64.4 Å². The summed E-state index contributed by atoms with van der Waals surface area (Å²) in [4.78, 5) is 0.143. The molecule has 0 saturated carbocycles. The Balaban J connectivity index is 0.00000385. The molecule has 0 amide bonds. The molecular weight excluding hydrogens is 469 g/mol. The molecule has 2 aliphatic rings. The van der Waals surface area contributed by atoms with Crippen molar-refractivity contribution in [1.82, 2.24) is 4.72 Å². The summed E-state index contributed by atoms with van der Waals surface area (Å²) in [6, 6.07) is 15.7. The van der Waals surface area contributed by atoms with Gasteiger partial charge in [-0.15, -0.1) is 0 Å². The van der Waals surface area contributed by atoms with Gasteiger partial charge in [0.25, 0.3) is 10.1 Å². The van der Waals surface area contributed by atoms with Crippen molar-refractivity contribution in [3.8, 4) is 11.1 Å². The first-order valence-electron chi connectivity index (χ1n) is 10.6. The molecule has 0 spiro atoms. The third-order valence-electron chi connectivity index (χ3n) is 5.53. The third kappa shape index (κ3) is 7.11. The number of hydrogen-bond donors (Lipinski definition) is 2. The predicted molar refractivity (Wildman–Crippen MR) is 133 cm³/mol. The minimum atomic E-state index is -4.35. The molecule has 0 saturated heterocycles. The molecule has 0 atom stereocenters. The first kappa shape index (κ1) is 28.0. The second kappa shape index (κ2) is 11.4. The molecular formula is C24H30NNaO5S2. The van der Waals surface area contributed by atoms with Crippen LogP contribution in [0.4, 0.5) is 0 Å². The topological polar surface area (TPSA) is 101 Å². The van der Waals surface area contributed by atoms with Crippen molar-refractivity contribution in [2.75, 3.05) is 6.54 Å². The van der Waals surface area contributed by atoms with Gasteiger partial charge < -0.3 is 0 Å². The molecule has 0 radical (unpaired) electrons. The monoisotopic (exact) mass is 499 g/mol. The van der Waals surface area contributed by atoms with Crippen molar-refractivity contribution in [2.45, 2.75) is 55.7 Å². The zero-order valence-corrected chi connectivity index (χ0v) is 20.1. The van der Waals surface area contributed by atoms with E-state index in [1.165, 1.54) is 6.07 Å². The standard InChI is InChI=1S/C24H29NO5S2.Na.H/c1-17(2)19-9-13-22-20(16-24(32(28,29)30)23(22)14-10-19)6-4-5-15-25-31(26,27)21-11-7-18(3)8-12-21;;/h7-14,16-17,25H,4-6,15H2,1-3H3,(H,28,29,30);;. The number of benzene rings is 1. The molecule has 0 unspecified atom stereocenters. The summed E-state index contributed by atoms with van der Waals surface area (Å²) < 4.78 is 60.9. The third-order valence-corrected chi connectivity index (χ3v) is 7.90. The fraction of sp³-hybridized carbons (Fsp3) is 0.333. The molecule has 2 N–H and O–H groups in total. The molecule has 0 aliphatic heterocycles. The Hall–Kier alpha value is -1.26. The maximum absolute atomic E-state index is 12.4. The Morgan fingerprint density at radius 2 is 1.48 bits per heavy atom. The second-order valence-electron chi connectivity index (χ2n) is 8.33. The fourth-order valence-electron chi connectivity index (χ4n) is 3.66. The van der Waals surface area contributed by atoms with Crippen LogP contribution >= 0.6 is 0 Å². The molecule has 9 heteroatoms. The van der Waals surface area contributed by atoms with Crippen LogP contribution in [-0.2, 0) is 26.6 Å². The van der Waals surface area contributed by atoms with Crippen LogP contribution in [0.5, 0.6) is 0 Å². The quantitative estimate of drug-likeness (QED) is 0.262. The maximum atomic E-state index is 12.4. The van der Waals surface area contributed by atoms with Crippen molar-refractivity contribution in [2.24, 2.45) is 0 Å². The van der Waals surface area contributed by atoms with E-state index in [4.69, 9.17) is 0 Å². The minimum absolute atomic E-state index is 0. The average molecular weight is 500 g/mol. The summed E-state index contributed by atoms with van der Waals surface area (Å²) in [5.41, 5.74) is 4.15. The van der Waals surface area contributed by atoms with Gasteiger partial charge in [-0.25, -0.2) is 13.1 Å². The number of nitrogens with one attached hydrogen (secondary N) is 1. The van der Waals surface area contributed by atoms with Crippen LogP contribution in [0.2, 0.25) is 0 Å². The van der Waals surface area contributed by atoms with Gasteiger partial charge in [0.15, 0.2) is 0 Å². The molecule has 2 aliphatic carbocycles. The molecule has 6 nitrogen and oxygen atoms in total. The normalized spacial score (nSPS) is 12.2. The second-order valence-corrected chi connectivity index (χ2v) is 11.5. The Morgan fingerprint density at radius 1 is 0.879 bits per heavy atom. The van der Waals surface area contributed by atoms with Crippen LogP contribution in [0, 0.1) is 6.92 Å². The molecule has 0 heterocycles. The molecule has 0 fully saturated rings. The number of fused-ring (bicyclic) bond motifs is 1. The van der Waals surface area contributed by atoms with E-state index in [0.717, 1.165) is 22.3 Å². The van der Waals surface area contributed by atoms with Gasteiger partial charge in [-0.2, -0.15) is 8.42 Å². The van der Waals surface area contributed by atoms with Crippen LogP contribution in [0.25, 0.3) is 11.1 Å². The number of rotatable bonds is 9. The van der Waals surface area contributed by atoms with Gasteiger partial charge in [-0.3, -0.25) is 4.55 Å². The summed E-state index contributed by atoms with van der Waals surface area (Å²) in [5.74, 6) is 0.283. The van der Waals surface area contributed by atoms with Gasteiger partial charge in [0, 0.05) is 12.1 Å². The summed E-state index contributed by atoms with van der Waals surface area (Å²) in [6.45, 7) is 6.30. The number of unbranched alkanes of at least 4 members (excludes halogenated alkanes) is 1. The summed E-state index contributed by atoms with van der Waals surface area (Å²) in [5, 5.41) is 0. The molecule has 1 aromatic rings. The van der Waals surface area contributed by atoms with Crippen LogP contribution in [0.1, 0.15) is 49.3 Å². The van der Waals surface area contributed by atoms with Crippen molar-refractivity contribution >= 4 is 49.7 Å². The predicted octanol–water partition coefficient (Wildman–Crippen LogP) is 4.12. The van der Waals surface area contributed by atoms with E-state index in [1.807, 2.05) is 25.1 Å². The van der Waals surface area contributed by atoms with E-state index in [0.29, 0.717) is 24.8 Å². The van der Waals surface area contributed by atoms with E-state index in [9.17, 15) is 21.4 Å². The van der Waals surface area contributed by atoms with Crippen LogP contribution in [0.3, 0.4) is 0 Å².